The van der Waals surface area contributed by atoms with Crippen LogP contribution in [-0.4, -0.2) is 11.5 Å². The summed E-state index contributed by atoms with van der Waals surface area (Å²) in [7, 11) is 0. The molecule has 0 saturated heterocycles. The molecule has 0 aliphatic rings. The maximum Gasteiger partial charge on any atom is 0.235 e. The van der Waals surface area contributed by atoms with Crippen molar-refractivity contribution < 1.29 is 22.1 Å². The quantitative estimate of drug-likeness (QED) is 0.430. The number of hydrogen-bond acceptors (Lipinski definition) is 4. The van der Waals surface area contributed by atoms with Crippen molar-refractivity contribution in [2.75, 3.05) is 12.3 Å². The molecule has 0 bridgehead atoms. The Labute approximate surface area is 106 Å². The van der Waals surface area contributed by atoms with E-state index in [-0.39, 0.29) is 12.4 Å². The van der Waals surface area contributed by atoms with Crippen molar-refractivity contribution in [1.29, 1.82) is 0 Å². The molecular weight excluding hydrogens is 244 g/mol. The van der Waals surface area contributed by atoms with Gasteiger partial charge in [0, 0.05) is 6.08 Å². The molecule has 17 heavy (non-hydrogen) atoms. The first-order chi connectivity index (χ1) is 7.63. The monoisotopic (exact) mass is 257 g/mol. The number of halogens is 1. The summed E-state index contributed by atoms with van der Waals surface area (Å²) in [5.41, 5.74) is 6.90. The molecule has 5 nitrogen and oxygen atoms in total. The largest absolute Gasteiger partial charge is 1.00 e. The predicted octanol–water partition coefficient (Wildman–Crippen LogP) is -0.691. The van der Waals surface area contributed by atoms with Crippen molar-refractivity contribution in [3.63, 3.8) is 0 Å². The van der Waals surface area contributed by atoms with Gasteiger partial charge in [-0.05, 0) is 24.1 Å². The molecule has 0 atom stereocenters. The zero-order chi connectivity index (χ0) is 12.0. The number of nitrogen functional groups attached to an aromatic ring is 1. The van der Waals surface area contributed by atoms with Crippen LogP contribution in [0.5, 0.6) is 5.75 Å². The number of nitrogens with two attached hydrogens (primary N) is 1. The van der Waals surface area contributed by atoms with Gasteiger partial charge in [-0.1, -0.05) is 13.0 Å². The number of benzene rings is 1. The third-order valence-corrected chi connectivity index (χ3v) is 1.88. The van der Waals surface area contributed by atoms with Crippen molar-refractivity contribution in [2.45, 2.75) is 13.3 Å². The molecule has 1 aromatic rings. The Kier molecular flexibility index (Phi) is 6.74. The average molecular weight is 258 g/mol. The number of hydrogen-bond donors (Lipinski definition) is 1. The fourth-order valence-corrected chi connectivity index (χ4v) is 1.16. The summed E-state index contributed by atoms with van der Waals surface area (Å²) in [5, 5.41) is 10.1. The van der Waals surface area contributed by atoms with E-state index in [9.17, 15) is 10.1 Å². The second-order valence-electron chi connectivity index (χ2n) is 3.25. The van der Waals surface area contributed by atoms with Crippen molar-refractivity contribution in [1.82, 2.24) is 0 Å². The van der Waals surface area contributed by atoms with Crippen molar-refractivity contribution >= 4 is 11.8 Å². The molecular formula is C11H14ClN2O3-. The Hall–Kier alpha value is -1.75. The fourth-order valence-electron chi connectivity index (χ4n) is 1.16. The standard InChI is InChI=1S/C11H14N2O3.ClH/c1-2-7-16-11-4-3-9(8-10(11)12)5-6-13(14)15;/h3-6,8H,2,7,12H2,1H3;1H/p-1/b6-5+;. The van der Waals surface area contributed by atoms with Crippen LogP contribution in [0.25, 0.3) is 6.08 Å². The fraction of sp³-hybridized carbons (Fsp3) is 0.273. The van der Waals surface area contributed by atoms with E-state index in [2.05, 4.69) is 0 Å². The normalized spacial score (nSPS) is 9.94. The highest BCUT2D eigenvalue weighted by Crippen LogP contribution is 2.23. The molecule has 0 saturated carbocycles. The maximum atomic E-state index is 10.1. The summed E-state index contributed by atoms with van der Waals surface area (Å²) in [6.45, 7) is 2.61. The van der Waals surface area contributed by atoms with E-state index in [4.69, 9.17) is 10.5 Å². The van der Waals surface area contributed by atoms with E-state index < -0.39 is 4.92 Å². The summed E-state index contributed by atoms with van der Waals surface area (Å²) >= 11 is 0. The minimum Gasteiger partial charge on any atom is -1.00 e. The van der Waals surface area contributed by atoms with Crippen LogP contribution < -0.4 is 22.9 Å². The van der Waals surface area contributed by atoms with Crippen LogP contribution in [0, 0.1) is 10.1 Å². The molecule has 0 aromatic heterocycles. The lowest BCUT2D eigenvalue weighted by atomic mass is 10.2. The van der Waals surface area contributed by atoms with Crippen LogP contribution in [0.3, 0.4) is 0 Å². The van der Waals surface area contributed by atoms with E-state index in [1.54, 1.807) is 18.2 Å². The highest BCUT2D eigenvalue weighted by molar-refractivity contribution is 5.61. The van der Waals surface area contributed by atoms with Gasteiger partial charge in [-0.15, -0.1) is 0 Å². The van der Waals surface area contributed by atoms with Gasteiger partial charge in [-0.2, -0.15) is 0 Å². The Bertz CT molecular complexity index is 408. The number of nitro groups is 1. The lowest BCUT2D eigenvalue weighted by molar-refractivity contribution is -0.400. The molecule has 6 heteroatoms. The molecule has 0 aliphatic carbocycles. The van der Waals surface area contributed by atoms with Crippen molar-refractivity contribution in [2.24, 2.45) is 0 Å². The van der Waals surface area contributed by atoms with E-state index in [1.165, 1.54) is 6.08 Å². The second kappa shape index (κ2) is 7.51. The van der Waals surface area contributed by atoms with Crippen molar-refractivity contribution in [3.8, 4) is 5.75 Å². The third kappa shape index (κ3) is 5.21. The first-order valence-corrected chi connectivity index (χ1v) is 4.97. The first kappa shape index (κ1) is 15.2. The molecule has 0 fully saturated rings. The molecule has 94 valence electrons. The molecule has 1 aromatic carbocycles. The van der Waals surface area contributed by atoms with E-state index in [0.29, 0.717) is 23.6 Å². The molecule has 1 rings (SSSR count). The zero-order valence-corrected chi connectivity index (χ0v) is 10.2. The van der Waals surface area contributed by atoms with Gasteiger partial charge >= 0.3 is 0 Å². The van der Waals surface area contributed by atoms with Gasteiger partial charge in [-0.25, -0.2) is 0 Å². The number of ether oxygens (including phenoxy) is 1. The highest BCUT2D eigenvalue weighted by atomic mass is 35.5. The SMILES string of the molecule is CCCOc1ccc(/C=C/[N+](=O)[O-])cc1N.[Cl-]. The summed E-state index contributed by atoms with van der Waals surface area (Å²) in [6.07, 6.45) is 3.17. The lowest BCUT2D eigenvalue weighted by Crippen LogP contribution is -3.00. The first-order valence-electron chi connectivity index (χ1n) is 4.97. The summed E-state index contributed by atoms with van der Waals surface area (Å²) < 4.78 is 5.38. The molecule has 0 unspecified atom stereocenters. The van der Waals surface area contributed by atoms with E-state index in [1.807, 2.05) is 6.92 Å². The van der Waals surface area contributed by atoms with Crippen LogP contribution in [0.4, 0.5) is 5.69 Å². The zero-order valence-electron chi connectivity index (χ0n) is 9.43. The minimum atomic E-state index is -0.516. The summed E-state index contributed by atoms with van der Waals surface area (Å²) in [6, 6.07) is 5.08. The average Bonchev–Trinajstić information content (AvgIpc) is 2.25. The van der Waals surface area contributed by atoms with Crippen LogP contribution in [0.15, 0.2) is 24.4 Å². The van der Waals surface area contributed by atoms with Gasteiger partial charge in [0.2, 0.25) is 6.20 Å². The molecule has 0 spiro atoms. The maximum absolute atomic E-state index is 10.1. The third-order valence-electron chi connectivity index (χ3n) is 1.88. The van der Waals surface area contributed by atoms with Crippen LogP contribution in [-0.2, 0) is 0 Å². The molecule has 0 aliphatic heterocycles. The summed E-state index contributed by atoms with van der Waals surface area (Å²) in [5.74, 6) is 0.611. The smallest absolute Gasteiger partial charge is 0.235 e. The Morgan fingerprint density at radius 3 is 2.76 bits per heavy atom. The van der Waals surface area contributed by atoms with Gasteiger partial charge in [0.25, 0.3) is 0 Å². The molecule has 0 radical (unpaired) electrons. The van der Waals surface area contributed by atoms with Crippen LogP contribution in [0.1, 0.15) is 18.9 Å². The predicted molar refractivity (Wildman–Crippen MR) is 62.7 cm³/mol. The second-order valence-corrected chi connectivity index (χ2v) is 3.25. The molecule has 2 N–H and O–H groups in total. The van der Waals surface area contributed by atoms with Gasteiger partial charge in [0.05, 0.1) is 17.2 Å². The van der Waals surface area contributed by atoms with Crippen molar-refractivity contribution in [3.05, 3.63) is 40.1 Å². The van der Waals surface area contributed by atoms with Gasteiger partial charge in [0.1, 0.15) is 5.75 Å². The molecule has 0 amide bonds. The summed E-state index contributed by atoms with van der Waals surface area (Å²) in [4.78, 5) is 9.61. The number of anilines is 1. The van der Waals surface area contributed by atoms with E-state index in [0.717, 1.165) is 12.6 Å². The van der Waals surface area contributed by atoms with Gasteiger partial charge in [-0.3, -0.25) is 10.1 Å². The van der Waals surface area contributed by atoms with Gasteiger partial charge in [0.15, 0.2) is 0 Å². The van der Waals surface area contributed by atoms with E-state index >= 15 is 0 Å². The number of nitrogens with zero attached hydrogens (tertiary/aromatic N) is 1. The topological polar surface area (TPSA) is 78.4 Å². The van der Waals surface area contributed by atoms with Crippen LogP contribution in [0.2, 0.25) is 0 Å². The lowest BCUT2D eigenvalue weighted by Gasteiger charge is -2.07. The number of rotatable bonds is 5. The highest BCUT2D eigenvalue weighted by Gasteiger charge is 2.00. The molecule has 0 heterocycles. The Morgan fingerprint density at radius 2 is 2.24 bits per heavy atom. The van der Waals surface area contributed by atoms with Crippen LogP contribution >= 0.6 is 0 Å². The Morgan fingerprint density at radius 1 is 1.53 bits per heavy atom. The Balaban J connectivity index is 0.00000256. The minimum absolute atomic E-state index is 0. The van der Waals surface area contributed by atoms with Gasteiger partial charge < -0.3 is 22.9 Å².